The molecule has 0 aliphatic rings. The summed E-state index contributed by atoms with van der Waals surface area (Å²) in [5.74, 6) is 0.569. The second kappa shape index (κ2) is 11.2. The maximum atomic E-state index is 12.7. The number of para-hydroxylation sites is 1. The van der Waals surface area contributed by atoms with Gasteiger partial charge in [-0.25, -0.2) is 4.79 Å². The number of anilines is 1. The minimum absolute atomic E-state index is 0.235. The zero-order valence-corrected chi connectivity index (χ0v) is 19.0. The van der Waals surface area contributed by atoms with Gasteiger partial charge in [-0.1, -0.05) is 30.3 Å². The van der Waals surface area contributed by atoms with E-state index in [0.29, 0.717) is 28.5 Å². The summed E-state index contributed by atoms with van der Waals surface area (Å²) in [6, 6.07) is 14.8. The second-order valence-electron chi connectivity index (χ2n) is 6.60. The Bertz CT molecular complexity index is 1100. The zero-order chi connectivity index (χ0) is 22.9. The lowest BCUT2D eigenvalue weighted by Crippen LogP contribution is -2.12. The third-order valence-corrected chi connectivity index (χ3v) is 5.43. The van der Waals surface area contributed by atoms with Crippen LogP contribution in [-0.2, 0) is 9.53 Å². The Morgan fingerprint density at radius 2 is 1.78 bits per heavy atom. The Morgan fingerprint density at radius 3 is 2.47 bits per heavy atom. The van der Waals surface area contributed by atoms with Crippen LogP contribution in [0.15, 0.2) is 60.0 Å². The summed E-state index contributed by atoms with van der Waals surface area (Å²) < 4.78 is 16.0. The molecule has 1 N–H and O–H groups in total. The van der Waals surface area contributed by atoms with Crippen LogP contribution in [-0.4, -0.2) is 32.2 Å². The maximum absolute atomic E-state index is 12.7. The number of hydrogen-bond acceptors (Lipinski definition) is 6. The van der Waals surface area contributed by atoms with Crippen LogP contribution in [0.25, 0.3) is 17.2 Å². The molecule has 0 radical (unpaired) electrons. The second-order valence-corrected chi connectivity index (χ2v) is 7.48. The average Bonchev–Trinajstić information content (AvgIpc) is 3.22. The molecule has 0 spiro atoms. The molecule has 32 heavy (non-hydrogen) atoms. The van der Waals surface area contributed by atoms with Crippen molar-refractivity contribution in [2.24, 2.45) is 0 Å². The Balaban J connectivity index is 1.86. The quantitative estimate of drug-likeness (QED) is 0.336. The van der Waals surface area contributed by atoms with Gasteiger partial charge in [0.25, 0.3) is 0 Å². The van der Waals surface area contributed by atoms with Crippen molar-refractivity contribution in [3.63, 3.8) is 0 Å². The molecule has 3 rings (SSSR count). The summed E-state index contributed by atoms with van der Waals surface area (Å²) in [4.78, 5) is 25.3. The van der Waals surface area contributed by atoms with Crippen LogP contribution in [0.2, 0.25) is 0 Å². The number of rotatable bonds is 9. The van der Waals surface area contributed by atoms with Crippen LogP contribution in [0.3, 0.4) is 0 Å². The normalized spacial score (nSPS) is 10.7. The van der Waals surface area contributed by atoms with Crippen molar-refractivity contribution in [2.75, 3.05) is 25.6 Å². The molecule has 1 heterocycles. The summed E-state index contributed by atoms with van der Waals surface area (Å²) in [6.45, 7) is 4.47. The standard InChI is InChI=1S/C25H25NO5S/c1-4-30-19-13-10-17(11-14-19)20-16-32-24(23(20)25(28)31-5-2)26-22(27)15-12-18-8-6-7-9-21(18)29-3/h6-16H,4-5H2,1-3H3,(H,26,27)/b15-12+. The number of esters is 1. The first-order chi connectivity index (χ1) is 15.6. The lowest BCUT2D eigenvalue weighted by molar-refractivity contribution is -0.111. The molecule has 0 saturated heterocycles. The molecule has 0 bridgehead atoms. The van der Waals surface area contributed by atoms with Gasteiger partial charge in [-0.2, -0.15) is 0 Å². The van der Waals surface area contributed by atoms with Crippen molar-refractivity contribution in [1.29, 1.82) is 0 Å². The van der Waals surface area contributed by atoms with E-state index in [9.17, 15) is 9.59 Å². The van der Waals surface area contributed by atoms with E-state index in [4.69, 9.17) is 14.2 Å². The topological polar surface area (TPSA) is 73.9 Å². The molecular weight excluding hydrogens is 426 g/mol. The van der Waals surface area contributed by atoms with Crippen LogP contribution < -0.4 is 14.8 Å². The number of thiophene rings is 1. The molecule has 166 valence electrons. The first-order valence-corrected chi connectivity index (χ1v) is 11.1. The summed E-state index contributed by atoms with van der Waals surface area (Å²) in [7, 11) is 1.58. The number of benzene rings is 2. The van der Waals surface area contributed by atoms with Gasteiger partial charge in [0.15, 0.2) is 0 Å². The number of methoxy groups -OCH3 is 1. The molecule has 0 aliphatic carbocycles. The number of carbonyl (C=O) groups is 2. The number of nitrogens with one attached hydrogen (secondary N) is 1. The SMILES string of the molecule is CCOC(=O)c1c(-c2ccc(OCC)cc2)csc1NC(=O)/C=C/c1ccccc1OC. The number of ether oxygens (including phenoxy) is 3. The fourth-order valence-electron chi connectivity index (χ4n) is 3.09. The van der Waals surface area contributed by atoms with Crippen molar-refractivity contribution in [3.8, 4) is 22.6 Å². The van der Waals surface area contributed by atoms with E-state index in [-0.39, 0.29) is 12.5 Å². The van der Waals surface area contributed by atoms with Gasteiger partial charge in [0, 0.05) is 22.6 Å². The first kappa shape index (κ1) is 23.1. The third-order valence-electron chi connectivity index (χ3n) is 4.54. The van der Waals surface area contributed by atoms with Gasteiger partial charge in [0.05, 0.1) is 20.3 Å². The van der Waals surface area contributed by atoms with E-state index >= 15 is 0 Å². The van der Waals surface area contributed by atoms with E-state index in [2.05, 4.69) is 5.32 Å². The van der Waals surface area contributed by atoms with Crippen molar-refractivity contribution >= 4 is 34.3 Å². The highest BCUT2D eigenvalue weighted by Crippen LogP contribution is 2.37. The van der Waals surface area contributed by atoms with Crippen LogP contribution >= 0.6 is 11.3 Å². The van der Waals surface area contributed by atoms with E-state index in [1.54, 1.807) is 20.1 Å². The van der Waals surface area contributed by atoms with Gasteiger partial charge in [-0.05, 0) is 43.7 Å². The molecule has 6 nitrogen and oxygen atoms in total. The number of amides is 1. The summed E-state index contributed by atoms with van der Waals surface area (Å²) >= 11 is 1.27. The highest BCUT2D eigenvalue weighted by atomic mass is 32.1. The van der Waals surface area contributed by atoms with E-state index in [1.807, 2.05) is 60.8 Å². The lowest BCUT2D eigenvalue weighted by Gasteiger charge is -2.09. The van der Waals surface area contributed by atoms with Gasteiger partial charge in [0.1, 0.15) is 22.1 Å². The smallest absolute Gasteiger partial charge is 0.341 e. The Hall–Kier alpha value is -3.58. The zero-order valence-electron chi connectivity index (χ0n) is 18.2. The lowest BCUT2D eigenvalue weighted by atomic mass is 10.0. The molecule has 0 fully saturated rings. The largest absolute Gasteiger partial charge is 0.496 e. The van der Waals surface area contributed by atoms with Gasteiger partial charge in [0.2, 0.25) is 5.91 Å². The van der Waals surface area contributed by atoms with Crippen molar-refractivity contribution in [1.82, 2.24) is 0 Å². The molecular formula is C25H25NO5S. The van der Waals surface area contributed by atoms with E-state index in [1.165, 1.54) is 17.4 Å². The monoisotopic (exact) mass is 451 g/mol. The maximum Gasteiger partial charge on any atom is 0.341 e. The van der Waals surface area contributed by atoms with Crippen LogP contribution in [0.5, 0.6) is 11.5 Å². The van der Waals surface area contributed by atoms with E-state index < -0.39 is 5.97 Å². The fraction of sp³-hybridized carbons (Fsp3) is 0.200. The Morgan fingerprint density at radius 1 is 1.03 bits per heavy atom. The highest BCUT2D eigenvalue weighted by Gasteiger charge is 2.22. The molecule has 1 amide bonds. The molecule has 2 aromatic carbocycles. The van der Waals surface area contributed by atoms with Gasteiger partial charge >= 0.3 is 5.97 Å². The minimum Gasteiger partial charge on any atom is -0.496 e. The van der Waals surface area contributed by atoms with Gasteiger partial charge < -0.3 is 19.5 Å². The fourth-order valence-corrected chi connectivity index (χ4v) is 4.05. The summed E-state index contributed by atoms with van der Waals surface area (Å²) in [5, 5.41) is 5.07. The summed E-state index contributed by atoms with van der Waals surface area (Å²) in [6.07, 6.45) is 3.07. The Kier molecular flexibility index (Phi) is 8.05. The molecule has 0 unspecified atom stereocenters. The van der Waals surface area contributed by atoms with E-state index in [0.717, 1.165) is 16.9 Å². The highest BCUT2D eigenvalue weighted by molar-refractivity contribution is 7.15. The van der Waals surface area contributed by atoms with Crippen LogP contribution in [0.4, 0.5) is 5.00 Å². The molecule has 0 aliphatic heterocycles. The molecule has 0 atom stereocenters. The Labute approximate surface area is 191 Å². The number of hydrogen-bond donors (Lipinski definition) is 1. The minimum atomic E-state index is -0.485. The van der Waals surface area contributed by atoms with Crippen LogP contribution in [0.1, 0.15) is 29.8 Å². The first-order valence-electron chi connectivity index (χ1n) is 10.2. The molecule has 1 aromatic heterocycles. The van der Waals surface area contributed by atoms with Crippen molar-refractivity contribution in [3.05, 3.63) is 71.1 Å². The molecule has 3 aromatic rings. The van der Waals surface area contributed by atoms with Gasteiger partial charge in [-0.3, -0.25) is 4.79 Å². The van der Waals surface area contributed by atoms with Crippen molar-refractivity contribution < 1.29 is 23.8 Å². The van der Waals surface area contributed by atoms with Gasteiger partial charge in [-0.15, -0.1) is 11.3 Å². The van der Waals surface area contributed by atoms with Crippen molar-refractivity contribution in [2.45, 2.75) is 13.8 Å². The predicted molar refractivity (Wildman–Crippen MR) is 128 cm³/mol. The molecule has 0 saturated carbocycles. The number of carbonyl (C=O) groups excluding carboxylic acids is 2. The molecule has 7 heteroatoms. The predicted octanol–water partition coefficient (Wildman–Crippen LogP) is 5.65. The third kappa shape index (κ3) is 5.56. The average molecular weight is 452 g/mol. The summed E-state index contributed by atoms with van der Waals surface area (Å²) in [5.41, 5.74) is 2.63. The van der Waals surface area contributed by atoms with Crippen LogP contribution in [0, 0.1) is 0 Å².